The molecule has 0 saturated carbocycles. The van der Waals surface area contributed by atoms with Gasteiger partial charge in [0.15, 0.2) is 0 Å². The van der Waals surface area contributed by atoms with E-state index in [1.165, 1.54) is 36.4 Å². The number of anilines is 3. The number of amides is 2. The zero-order chi connectivity index (χ0) is 21.8. The number of halogens is 3. The van der Waals surface area contributed by atoms with Crippen molar-refractivity contribution in [1.82, 2.24) is 0 Å². The molecule has 3 rings (SSSR count). The summed E-state index contributed by atoms with van der Waals surface area (Å²) in [5, 5.41) is 4.92. The number of alkyl halides is 3. The second kappa shape index (κ2) is 8.46. The molecule has 0 radical (unpaired) electrons. The van der Waals surface area contributed by atoms with Crippen molar-refractivity contribution < 1.29 is 26.4 Å². The largest absolute Gasteiger partial charge is 0.416 e. The van der Waals surface area contributed by atoms with Gasteiger partial charge in [0.2, 0.25) is 0 Å². The molecule has 3 aromatic rings. The molecule has 0 atom stereocenters. The first-order valence-corrected chi connectivity index (χ1v) is 10.0. The van der Waals surface area contributed by atoms with Crippen molar-refractivity contribution in [2.75, 3.05) is 15.4 Å². The molecule has 0 spiro atoms. The minimum Gasteiger partial charge on any atom is -0.308 e. The molecular weight excluding hydrogens is 419 g/mol. The predicted octanol–water partition coefficient (Wildman–Crippen LogP) is 5.15. The highest BCUT2D eigenvalue weighted by molar-refractivity contribution is 7.92. The molecule has 0 heterocycles. The van der Waals surface area contributed by atoms with Gasteiger partial charge in [-0.15, -0.1) is 0 Å². The van der Waals surface area contributed by atoms with Gasteiger partial charge in [0.25, 0.3) is 10.0 Å². The summed E-state index contributed by atoms with van der Waals surface area (Å²) in [5.74, 6) is 0. The van der Waals surface area contributed by atoms with Crippen molar-refractivity contribution in [3.05, 3.63) is 84.4 Å². The fourth-order valence-corrected chi connectivity index (χ4v) is 3.55. The molecule has 10 heteroatoms. The summed E-state index contributed by atoms with van der Waals surface area (Å²) >= 11 is 0. The van der Waals surface area contributed by atoms with Crippen LogP contribution in [-0.2, 0) is 16.2 Å². The maximum Gasteiger partial charge on any atom is 0.416 e. The molecule has 156 valence electrons. The lowest BCUT2D eigenvalue weighted by molar-refractivity contribution is -0.137. The number of nitrogens with one attached hydrogen (secondary N) is 3. The van der Waals surface area contributed by atoms with Crippen LogP contribution < -0.4 is 15.4 Å². The van der Waals surface area contributed by atoms with Crippen LogP contribution in [0.1, 0.15) is 5.56 Å². The number of rotatable bonds is 5. The van der Waals surface area contributed by atoms with Crippen LogP contribution in [0.4, 0.5) is 35.0 Å². The summed E-state index contributed by atoms with van der Waals surface area (Å²) in [6, 6.07) is 17.1. The first-order valence-electron chi connectivity index (χ1n) is 8.57. The Labute approximate surface area is 170 Å². The summed E-state index contributed by atoms with van der Waals surface area (Å²) in [6.45, 7) is 0. The number of benzene rings is 3. The van der Waals surface area contributed by atoms with E-state index >= 15 is 0 Å². The Kier molecular flexibility index (Phi) is 5.97. The molecule has 0 aliphatic rings. The molecule has 6 nitrogen and oxygen atoms in total. The number of carbonyl (C=O) groups excluding carboxylic acids is 1. The monoisotopic (exact) mass is 435 g/mol. The van der Waals surface area contributed by atoms with E-state index in [1.807, 2.05) is 0 Å². The van der Waals surface area contributed by atoms with Gasteiger partial charge >= 0.3 is 12.2 Å². The predicted molar refractivity (Wildman–Crippen MR) is 108 cm³/mol. The number of hydrogen-bond acceptors (Lipinski definition) is 3. The highest BCUT2D eigenvalue weighted by Gasteiger charge is 2.30. The Balaban J connectivity index is 1.59. The Bertz CT molecular complexity index is 1120. The maximum atomic E-state index is 12.6. The van der Waals surface area contributed by atoms with Gasteiger partial charge in [-0.2, -0.15) is 13.2 Å². The minimum atomic E-state index is -4.45. The van der Waals surface area contributed by atoms with Gasteiger partial charge in [-0.25, -0.2) is 13.2 Å². The SMILES string of the molecule is O=C(Nc1ccc(NS(=O)(=O)c2ccccc2)cc1)Nc1ccc(C(F)(F)F)cc1. The third-order valence-electron chi connectivity index (χ3n) is 3.92. The lowest BCUT2D eigenvalue weighted by Crippen LogP contribution is -2.19. The molecular formula is C20H16F3N3O3S. The summed E-state index contributed by atoms with van der Waals surface area (Å²) < 4.78 is 64.7. The Morgan fingerprint density at radius 3 is 1.67 bits per heavy atom. The molecule has 0 aromatic heterocycles. The number of carbonyl (C=O) groups is 1. The normalized spacial score (nSPS) is 11.6. The number of hydrogen-bond donors (Lipinski definition) is 3. The Hall–Kier alpha value is -3.53. The summed E-state index contributed by atoms with van der Waals surface area (Å²) in [4.78, 5) is 12.1. The minimum absolute atomic E-state index is 0.114. The van der Waals surface area contributed by atoms with E-state index < -0.39 is 27.8 Å². The van der Waals surface area contributed by atoms with E-state index in [4.69, 9.17) is 0 Å². The first-order chi connectivity index (χ1) is 14.1. The van der Waals surface area contributed by atoms with Crippen LogP contribution >= 0.6 is 0 Å². The van der Waals surface area contributed by atoms with Gasteiger partial charge in [-0.3, -0.25) is 4.72 Å². The van der Waals surface area contributed by atoms with Gasteiger partial charge in [0, 0.05) is 17.1 Å². The van der Waals surface area contributed by atoms with Crippen molar-refractivity contribution >= 4 is 33.1 Å². The fourth-order valence-electron chi connectivity index (χ4n) is 2.47. The molecule has 0 fully saturated rings. The third kappa shape index (κ3) is 5.51. The first kappa shape index (κ1) is 21.2. The molecule has 0 saturated heterocycles. The van der Waals surface area contributed by atoms with E-state index in [-0.39, 0.29) is 10.6 Å². The van der Waals surface area contributed by atoms with E-state index in [0.29, 0.717) is 11.4 Å². The van der Waals surface area contributed by atoms with Crippen molar-refractivity contribution in [3.8, 4) is 0 Å². The lowest BCUT2D eigenvalue weighted by Gasteiger charge is -2.11. The van der Waals surface area contributed by atoms with E-state index in [9.17, 15) is 26.4 Å². The van der Waals surface area contributed by atoms with Crippen molar-refractivity contribution in [2.45, 2.75) is 11.1 Å². The molecule has 3 aromatic carbocycles. The average Bonchev–Trinajstić information content (AvgIpc) is 2.70. The molecule has 0 aliphatic heterocycles. The van der Waals surface area contributed by atoms with Crippen LogP contribution in [0.5, 0.6) is 0 Å². The summed E-state index contributed by atoms with van der Waals surface area (Å²) in [7, 11) is -3.73. The van der Waals surface area contributed by atoms with Gasteiger partial charge in [0.05, 0.1) is 10.5 Å². The van der Waals surface area contributed by atoms with Gasteiger partial charge in [-0.1, -0.05) is 18.2 Å². The summed E-state index contributed by atoms with van der Waals surface area (Å²) in [6.07, 6.45) is -4.45. The lowest BCUT2D eigenvalue weighted by atomic mass is 10.2. The third-order valence-corrected chi connectivity index (χ3v) is 5.32. The maximum absolute atomic E-state index is 12.6. The number of urea groups is 1. The molecule has 30 heavy (non-hydrogen) atoms. The second-order valence-electron chi connectivity index (χ2n) is 6.15. The summed E-state index contributed by atoms with van der Waals surface area (Å²) in [5.41, 5.74) is 0.0318. The number of sulfonamides is 1. The van der Waals surface area contributed by atoms with Crippen molar-refractivity contribution in [2.24, 2.45) is 0 Å². The zero-order valence-corrected chi connectivity index (χ0v) is 16.1. The Morgan fingerprint density at radius 2 is 1.17 bits per heavy atom. The smallest absolute Gasteiger partial charge is 0.308 e. The van der Waals surface area contributed by atoms with Gasteiger partial charge < -0.3 is 10.6 Å². The van der Waals surface area contributed by atoms with E-state index in [1.54, 1.807) is 18.2 Å². The van der Waals surface area contributed by atoms with Crippen LogP contribution in [0, 0.1) is 0 Å². The Morgan fingerprint density at radius 1 is 0.700 bits per heavy atom. The average molecular weight is 435 g/mol. The molecule has 3 N–H and O–H groups in total. The quantitative estimate of drug-likeness (QED) is 0.518. The highest BCUT2D eigenvalue weighted by atomic mass is 32.2. The molecule has 2 amide bonds. The topological polar surface area (TPSA) is 87.3 Å². The van der Waals surface area contributed by atoms with Crippen LogP contribution in [0.25, 0.3) is 0 Å². The second-order valence-corrected chi connectivity index (χ2v) is 7.83. The standard InChI is InChI=1S/C20H16F3N3O3S/c21-20(22,23)14-6-8-15(9-7-14)24-19(27)25-16-10-12-17(13-11-16)26-30(28,29)18-4-2-1-3-5-18/h1-13,26H,(H2,24,25,27). The van der Waals surface area contributed by atoms with Gasteiger partial charge in [-0.05, 0) is 60.7 Å². The van der Waals surface area contributed by atoms with Crippen LogP contribution in [0.15, 0.2) is 83.8 Å². The van der Waals surface area contributed by atoms with E-state index in [0.717, 1.165) is 24.3 Å². The van der Waals surface area contributed by atoms with Crippen LogP contribution in [0.2, 0.25) is 0 Å². The van der Waals surface area contributed by atoms with Crippen LogP contribution in [-0.4, -0.2) is 14.4 Å². The van der Waals surface area contributed by atoms with Crippen molar-refractivity contribution in [1.29, 1.82) is 0 Å². The van der Waals surface area contributed by atoms with Crippen molar-refractivity contribution in [3.63, 3.8) is 0 Å². The zero-order valence-electron chi connectivity index (χ0n) is 15.3. The van der Waals surface area contributed by atoms with Gasteiger partial charge in [0.1, 0.15) is 0 Å². The molecule has 0 aliphatic carbocycles. The molecule has 0 bridgehead atoms. The van der Waals surface area contributed by atoms with Crippen LogP contribution in [0.3, 0.4) is 0 Å². The fraction of sp³-hybridized carbons (Fsp3) is 0.0500. The highest BCUT2D eigenvalue weighted by Crippen LogP contribution is 2.29. The van der Waals surface area contributed by atoms with E-state index in [2.05, 4.69) is 15.4 Å². The molecule has 0 unspecified atom stereocenters.